The van der Waals surface area contributed by atoms with Gasteiger partial charge in [0.2, 0.25) is 5.95 Å². The lowest BCUT2D eigenvalue weighted by Crippen LogP contribution is -2.41. The number of aromatic amines is 2. The van der Waals surface area contributed by atoms with Gasteiger partial charge in [0.05, 0.1) is 21.6 Å². The SMILES string of the molecule is CC(C)(C)OC(=O)N1CCC(CCc2c(-c3cccc(S(C)(=O)=O)c3)[nH]n(-c3nc4ccccc4[nH]3)c2=O)CC1. The monoisotopic (exact) mass is 565 g/mol. The second-order valence-corrected chi connectivity index (χ2v) is 13.4. The third-order valence-corrected chi connectivity index (χ3v) is 8.31. The molecule has 2 N–H and O–H groups in total. The van der Waals surface area contributed by atoms with Crippen molar-refractivity contribution in [2.75, 3.05) is 19.3 Å². The van der Waals surface area contributed by atoms with Gasteiger partial charge in [-0.15, -0.1) is 0 Å². The standard InChI is InChI=1S/C29H35N5O5S/c1-29(2,3)39-28(36)33-16-14-19(15-17-33)12-13-22-25(20-8-7-9-21(18-20)40(4,37)38)32-34(26(22)35)27-30-23-10-5-6-11-24(23)31-27/h5-11,18-19,32H,12-17H2,1-4H3,(H,30,31). The largest absolute Gasteiger partial charge is 0.444 e. The first-order valence-corrected chi connectivity index (χ1v) is 15.4. The van der Waals surface area contributed by atoms with Gasteiger partial charge in [-0.25, -0.2) is 18.2 Å². The molecule has 4 aromatic rings. The summed E-state index contributed by atoms with van der Waals surface area (Å²) in [5, 5.41) is 3.20. The minimum atomic E-state index is -3.43. The molecule has 2 aromatic heterocycles. The van der Waals surface area contributed by atoms with Crippen LogP contribution in [-0.2, 0) is 21.0 Å². The van der Waals surface area contributed by atoms with Gasteiger partial charge in [-0.05, 0) is 76.6 Å². The fourth-order valence-electron chi connectivity index (χ4n) is 5.10. The van der Waals surface area contributed by atoms with Crippen LogP contribution in [-0.4, -0.2) is 64.1 Å². The molecule has 2 aromatic carbocycles. The Bertz CT molecular complexity index is 1670. The van der Waals surface area contributed by atoms with Gasteiger partial charge in [0, 0.05) is 30.5 Å². The molecule has 0 radical (unpaired) electrons. The summed E-state index contributed by atoms with van der Waals surface area (Å²) in [6.45, 7) is 6.79. The average molecular weight is 566 g/mol. The zero-order chi connectivity index (χ0) is 28.7. The maximum absolute atomic E-state index is 13.8. The molecule has 212 valence electrons. The van der Waals surface area contributed by atoms with Gasteiger partial charge in [-0.1, -0.05) is 24.3 Å². The van der Waals surface area contributed by atoms with Gasteiger partial charge in [0.15, 0.2) is 9.84 Å². The number of sulfone groups is 1. The number of nitrogens with one attached hydrogen (secondary N) is 2. The van der Waals surface area contributed by atoms with Crippen LogP contribution in [0, 0.1) is 5.92 Å². The molecule has 10 nitrogen and oxygen atoms in total. The Kier molecular flexibility index (Phi) is 7.34. The number of H-pyrrole nitrogens is 2. The van der Waals surface area contributed by atoms with Crippen molar-refractivity contribution in [1.29, 1.82) is 0 Å². The van der Waals surface area contributed by atoms with Crippen molar-refractivity contribution in [3.8, 4) is 17.2 Å². The first-order chi connectivity index (χ1) is 18.9. The lowest BCUT2D eigenvalue weighted by atomic mass is 9.90. The van der Waals surface area contributed by atoms with E-state index in [0.29, 0.717) is 48.2 Å². The average Bonchev–Trinajstić information content (AvgIpc) is 3.47. The van der Waals surface area contributed by atoms with E-state index in [2.05, 4.69) is 15.1 Å². The second kappa shape index (κ2) is 10.6. The van der Waals surface area contributed by atoms with Gasteiger partial charge in [0.25, 0.3) is 5.56 Å². The summed E-state index contributed by atoms with van der Waals surface area (Å²) >= 11 is 0. The van der Waals surface area contributed by atoms with Gasteiger partial charge in [-0.2, -0.15) is 4.68 Å². The maximum Gasteiger partial charge on any atom is 0.410 e. The van der Waals surface area contributed by atoms with Crippen molar-refractivity contribution < 1.29 is 17.9 Å². The molecule has 0 saturated carbocycles. The number of carbonyl (C=O) groups is 1. The number of amides is 1. The molecule has 11 heteroatoms. The molecular formula is C29H35N5O5S. The zero-order valence-electron chi connectivity index (χ0n) is 23.2. The van der Waals surface area contributed by atoms with Gasteiger partial charge < -0.3 is 14.6 Å². The van der Waals surface area contributed by atoms with Crippen LogP contribution in [0.15, 0.2) is 58.2 Å². The van der Waals surface area contributed by atoms with Crippen LogP contribution in [0.2, 0.25) is 0 Å². The number of aromatic nitrogens is 4. The first kappa shape index (κ1) is 27.7. The Morgan fingerprint density at radius 2 is 1.82 bits per heavy atom. The fraction of sp³-hybridized carbons (Fsp3) is 0.414. The summed E-state index contributed by atoms with van der Waals surface area (Å²) in [6.07, 6.45) is 3.77. The van der Waals surface area contributed by atoms with Crippen LogP contribution < -0.4 is 5.56 Å². The molecule has 0 unspecified atom stereocenters. The Morgan fingerprint density at radius 3 is 2.50 bits per heavy atom. The number of para-hydroxylation sites is 2. The molecule has 0 atom stereocenters. The van der Waals surface area contributed by atoms with Gasteiger partial charge in [0.1, 0.15) is 5.60 Å². The summed E-state index contributed by atoms with van der Waals surface area (Å²) in [6, 6.07) is 14.1. The van der Waals surface area contributed by atoms with E-state index in [1.54, 1.807) is 29.2 Å². The van der Waals surface area contributed by atoms with Crippen LogP contribution >= 0.6 is 0 Å². The molecule has 5 rings (SSSR count). The fourth-order valence-corrected chi connectivity index (χ4v) is 5.77. The third kappa shape index (κ3) is 5.99. The van der Waals surface area contributed by atoms with E-state index in [-0.39, 0.29) is 16.5 Å². The molecule has 1 saturated heterocycles. The molecule has 0 spiro atoms. The highest BCUT2D eigenvalue weighted by Gasteiger charge is 2.28. The molecule has 0 aliphatic carbocycles. The quantitative estimate of drug-likeness (QED) is 0.349. The number of hydrogen-bond acceptors (Lipinski definition) is 6. The minimum absolute atomic E-state index is 0.183. The van der Waals surface area contributed by atoms with Crippen LogP contribution in [0.4, 0.5) is 4.79 Å². The van der Waals surface area contributed by atoms with Gasteiger partial charge in [-0.3, -0.25) is 9.89 Å². The molecule has 1 amide bonds. The number of nitrogens with zero attached hydrogens (tertiary/aromatic N) is 3. The number of hydrogen-bond donors (Lipinski definition) is 2. The predicted molar refractivity (Wildman–Crippen MR) is 153 cm³/mol. The smallest absolute Gasteiger partial charge is 0.410 e. The number of rotatable bonds is 6. The van der Waals surface area contributed by atoms with Crippen molar-refractivity contribution in [3.63, 3.8) is 0 Å². The highest BCUT2D eigenvalue weighted by molar-refractivity contribution is 7.90. The first-order valence-electron chi connectivity index (χ1n) is 13.5. The molecular weight excluding hydrogens is 530 g/mol. The number of benzene rings is 2. The molecule has 1 aliphatic rings. The lowest BCUT2D eigenvalue weighted by molar-refractivity contribution is 0.0181. The molecule has 1 aliphatic heterocycles. The number of carbonyl (C=O) groups excluding carboxylic acids is 1. The Balaban J connectivity index is 1.42. The van der Waals surface area contributed by atoms with E-state index in [0.717, 1.165) is 30.3 Å². The highest BCUT2D eigenvalue weighted by Crippen LogP contribution is 2.28. The lowest BCUT2D eigenvalue weighted by Gasteiger charge is -2.33. The maximum atomic E-state index is 13.8. The van der Waals surface area contributed by atoms with E-state index in [9.17, 15) is 18.0 Å². The minimum Gasteiger partial charge on any atom is -0.444 e. The number of imidazole rings is 1. The summed E-state index contributed by atoms with van der Waals surface area (Å²) in [5.74, 6) is 0.700. The summed E-state index contributed by atoms with van der Waals surface area (Å²) in [4.78, 5) is 35.9. The summed E-state index contributed by atoms with van der Waals surface area (Å²) in [5.41, 5.74) is 2.53. The van der Waals surface area contributed by atoms with Crippen molar-refractivity contribution >= 4 is 27.0 Å². The van der Waals surface area contributed by atoms with E-state index in [1.165, 1.54) is 10.9 Å². The molecule has 0 bridgehead atoms. The third-order valence-electron chi connectivity index (χ3n) is 7.19. The zero-order valence-corrected chi connectivity index (χ0v) is 24.0. The van der Waals surface area contributed by atoms with Crippen LogP contribution in [0.3, 0.4) is 0 Å². The highest BCUT2D eigenvalue weighted by atomic mass is 32.2. The Labute approximate surface area is 233 Å². The van der Waals surface area contributed by atoms with Gasteiger partial charge >= 0.3 is 6.09 Å². The van der Waals surface area contributed by atoms with E-state index in [4.69, 9.17) is 4.74 Å². The van der Waals surface area contributed by atoms with E-state index >= 15 is 0 Å². The van der Waals surface area contributed by atoms with E-state index < -0.39 is 15.4 Å². The predicted octanol–water partition coefficient (Wildman–Crippen LogP) is 4.69. The van der Waals surface area contributed by atoms with Crippen molar-refractivity contribution in [2.24, 2.45) is 5.92 Å². The van der Waals surface area contributed by atoms with Crippen LogP contribution in [0.1, 0.15) is 45.6 Å². The topological polar surface area (TPSA) is 130 Å². The Hall–Kier alpha value is -3.86. The summed E-state index contributed by atoms with van der Waals surface area (Å²) in [7, 11) is -3.43. The van der Waals surface area contributed by atoms with E-state index in [1.807, 2.05) is 45.0 Å². The Morgan fingerprint density at radius 1 is 1.10 bits per heavy atom. The van der Waals surface area contributed by atoms with Crippen LogP contribution in [0.25, 0.3) is 28.2 Å². The van der Waals surface area contributed by atoms with Crippen molar-refractivity contribution in [1.82, 2.24) is 24.6 Å². The molecule has 40 heavy (non-hydrogen) atoms. The second-order valence-electron chi connectivity index (χ2n) is 11.4. The van der Waals surface area contributed by atoms with Crippen molar-refractivity contribution in [2.45, 2.75) is 57.0 Å². The number of ether oxygens (including phenoxy) is 1. The molecule has 1 fully saturated rings. The number of likely N-dealkylation sites (tertiary alicyclic amines) is 1. The number of fused-ring (bicyclic) bond motifs is 1. The van der Waals surface area contributed by atoms with Crippen molar-refractivity contribution in [3.05, 3.63) is 64.4 Å². The normalized spacial score (nSPS) is 15.1. The van der Waals surface area contributed by atoms with Crippen LogP contribution in [0.5, 0.6) is 0 Å². The summed E-state index contributed by atoms with van der Waals surface area (Å²) < 4.78 is 31.4. The molecule has 3 heterocycles. The number of piperidine rings is 1.